The molecule has 5 nitrogen and oxygen atoms in total. The molecule has 0 saturated heterocycles. The molecule has 0 aromatic carbocycles. The highest BCUT2D eigenvalue weighted by molar-refractivity contribution is 5.47. The van der Waals surface area contributed by atoms with Crippen LogP contribution in [0.1, 0.15) is 25.7 Å². The maximum atomic E-state index is 5.98. The van der Waals surface area contributed by atoms with E-state index in [4.69, 9.17) is 5.73 Å². The number of rotatable bonds is 3. The predicted molar refractivity (Wildman–Crippen MR) is 61.4 cm³/mol. The number of H-pyrrole nitrogens is 1. The molecule has 5 heteroatoms. The van der Waals surface area contributed by atoms with Crippen LogP contribution in [-0.2, 0) is 0 Å². The van der Waals surface area contributed by atoms with Gasteiger partial charge in [-0.2, -0.15) is 5.10 Å². The van der Waals surface area contributed by atoms with Gasteiger partial charge in [0.1, 0.15) is 11.5 Å². The van der Waals surface area contributed by atoms with Crippen LogP contribution >= 0.6 is 0 Å². The minimum atomic E-state index is -0.120. The number of nitrogens with two attached hydrogens (primary N) is 1. The highest BCUT2D eigenvalue weighted by Crippen LogP contribution is 2.17. The topological polar surface area (TPSA) is 80.5 Å². The molecule has 0 fully saturated rings. The Morgan fingerprint density at radius 2 is 2.12 bits per heavy atom. The van der Waals surface area contributed by atoms with Crippen molar-refractivity contribution in [3.63, 3.8) is 0 Å². The van der Waals surface area contributed by atoms with Gasteiger partial charge in [-0.05, 0) is 18.1 Å². The van der Waals surface area contributed by atoms with E-state index >= 15 is 0 Å². The van der Waals surface area contributed by atoms with Gasteiger partial charge in [0.2, 0.25) is 0 Å². The number of nitrogens with zero attached hydrogens (tertiary/aromatic N) is 3. The molecule has 0 aliphatic rings. The summed E-state index contributed by atoms with van der Waals surface area (Å²) < 4.78 is 0. The van der Waals surface area contributed by atoms with Crippen LogP contribution in [0.3, 0.4) is 0 Å². The fraction of sp³-hybridized carbons (Fsp3) is 0.364. The molecule has 0 radical (unpaired) electrons. The Labute approximate surface area is 94.1 Å². The summed E-state index contributed by atoms with van der Waals surface area (Å²) in [5.41, 5.74) is 6.73. The molecule has 2 rings (SSSR count). The van der Waals surface area contributed by atoms with Gasteiger partial charge < -0.3 is 5.73 Å². The lowest BCUT2D eigenvalue weighted by atomic mass is 10.1. The summed E-state index contributed by atoms with van der Waals surface area (Å²) in [6.45, 7) is 4.10. The van der Waals surface area contributed by atoms with Crippen molar-refractivity contribution in [2.75, 3.05) is 0 Å². The van der Waals surface area contributed by atoms with Crippen molar-refractivity contribution in [2.24, 2.45) is 11.7 Å². The summed E-state index contributed by atoms with van der Waals surface area (Å²) in [5.74, 6) is 1.62. The predicted octanol–water partition coefficient (Wildman–Crippen LogP) is 1.52. The lowest BCUT2D eigenvalue weighted by Crippen LogP contribution is -2.18. The first-order chi connectivity index (χ1) is 7.68. The monoisotopic (exact) mass is 217 g/mol. The fourth-order valence-electron chi connectivity index (χ4n) is 1.35. The number of nitrogens with one attached hydrogen (secondary N) is 1. The zero-order valence-corrected chi connectivity index (χ0v) is 9.38. The molecule has 3 N–H and O–H groups in total. The van der Waals surface area contributed by atoms with Crippen LogP contribution < -0.4 is 5.73 Å². The zero-order chi connectivity index (χ0) is 11.5. The highest BCUT2D eigenvalue weighted by atomic mass is 15.2. The molecule has 2 aromatic heterocycles. The molecule has 0 unspecified atom stereocenters. The maximum Gasteiger partial charge on any atom is 0.199 e. The summed E-state index contributed by atoms with van der Waals surface area (Å²) >= 11 is 0. The summed E-state index contributed by atoms with van der Waals surface area (Å²) in [6.07, 6.45) is 1.72. The number of hydrogen-bond acceptors (Lipinski definition) is 4. The van der Waals surface area contributed by atoms with Gasteiger partial charge in [-0.1, -0.05) is 19.9 Å². The fourth-order valence-corrected chi connectivity index (χ4v) is 1.35. The highest BCUT2D eigenvalue weighted by Gasteiger charge is 2.15. The average Bonchev–Trinajstić information content (AvgIpc) is 2.78. The minimum Gasteiger partial charge on any atom is -0.321 e. The van der Waals surface area contributed by atoms with E-state index in [0.717, 1.165) is 5.69 Å². The molecule has 0 bridgehead atoms. The van der Waals surface area contributed by atoms with Crippen LogP contribution in [0.5, 0.6) is 0 Å². The molecular formula is C11H15N5. The molecule has 1 atom stereocenters. The first-order valence-corrected chi connectivity index (χ1v) is 5.27. The normalized spacial score (nSPS) is 13.0. The molecular weight excluding hydrogens is 202 g/mol. The van der Waals surface area contributed by atoms with Crippen molar-refractivity contribution in [3.05, 3.63) is 30.2 Å². The van der Waals surface area contributed by atoms with Crippen LogP contribution in [0.2, 0.25) is 0 Å². The lowest BCUT2D eigenvalue weighted by molar-refractivity contribution is 0.492. The standard InChI is InChI=1S/C11H15N5/c1-7(2)9(12)11-14-10(15-16-11)8-5-3-4-6-13-8/h3-7,9H,12H2,1-2H3,(H,14,15,16)/t9-/m0/s1. The van der Waals surface area contributed by atoms with Crippen molar-refractivity contribution < 1.29 is 0 Å². The van der Waals surface area contributed by atoms with E-state index in [0.29, 0.717) is 17.6 Å². The van der Waals surface area contributed by atoms with Gasteiger partial charge in [0.05, 0.1) is 6.04 Å². The third-order valence-corrected chi connectivity index (χ3v) is 2.43. The van der Waals surface area contributed by atoms with Crippen molar-refractivity contribution in [3.8, 4) is 11.5 Å². The third-order valence-electron chi connectivity index (χ3n) is 2.43. The second-order valence-corrected chi connectivity index (χ2v) is 4.03. The molecule has 16 heavy (non-hydrogen) atoms. The third kappa shape index (κ3) is 2.09. The van der Waals surface area contributed by atoms with E-state index in [1.54, 1.807) is 6.20 Å². The lowest BCUT2D eigenvalue weighted by Gasteiger charge is -2.10. The van der Waals surface area contributed by atoms with E-state index < -0.39 is 0 Å². The summed E-state index contributed by atoms with van der Waals surface area (Å²) in [4.78, 5) is 8.53. The van der Waals surface area contributed by atoms with Crippen LogP contribution in [0.4, 0.5) is 0 Å². The summed E-state index contributed by atoms with van der Waals surface area (Å²) in [6, 6.07) is 5.51. The van der Waals surface area contributed by atoms with Gasteiger partial charge in [-0.25, -0.2) is 4.98 Å². The van der Waals surface area contributed by atoms with E-state index in [1.807, 2.05) is 32.0 Å². The first-order valence-electron chi connectivity index (χ1n) is 5.27. The SMILES string of the molecule is CC(C)[C@H](N)c1nc(-c2ccccn2)n[nH]1. The Morgan fingerprint density at radius 3 is 2.75 bits per heavy atom. The zero-order valence-electron chi connectivity index (χ0n) is 9.38. The molecule has 84 valence electrons. The number of hydrogen-bond donors (Lipinski definition) is 2. The summed E-state index contributed by atoms with van der Waals surface area (Å²) in [5, 5.41) is 6.97. The maximum absolute atomic E-state index is 5.98. The second-order valence-electron chi connectivity index (χ2n) is 4.03. The van der Waals surface area contributed by atoms with Crippen molar-refractivity contribution in [2.45, 2.75) is 19.9 Å². The van der Waals surface area contributed by atoms with Gasteiger partial charge in [0, 0.05) is 6.20 Å². The quantitative estimate of drug-likeness (QED) is 0.816. The number of aromatic amines is 1. The van der Waals surface area contributed by atoms with Crippen LogP contribution in [-0.4, -0.2) is 20.2 Å². The molecule has 2 aromatic rings. The van der Waals surface area contributed by atoms with Gasteiger partial charge in [0.25, 0.3) is 0 Å². The molecule has 0 spiro atoms. The van der Waals surface area contributed by atoms with E-state index in [-0.39, 0.29) is 6.04 Å². The first kappa shape index (κ1) is 10.8. The molecule has 0 aliphatic carbocycles. The smallest absolute Gasteiger partial charge is 0.199 e. The Bertz CT molecular complexity index is 448. The molecule has 0 saturated carbocycles. The van der Waals surface area contributed by atoms with E-state index in [2.05, 4.69) is 20.2 Å². The largest absolute Gasteiger partial charge is 0.321 e. The molecule has 2 heterocycles. The summed E-state index contributed by atoms with van der Waals surface area (Å²) in [7, 11) is 0. The van der Waals surface area contributed by atoms with Crippen LogP contribution in [0.25, 0.3) is 11.5 Å². The molecule has 0 amide bonds. The minimum absolute atomic E-state index is 0.120. The average molecular weight is 217 g/mol. The number of pyridine rings is 1. The Kier molecular flexibility index (Phi) is 2.96. The van der Waals surface area contributed by atoms with Gasteiger partial charge in [-0.3, -0.25) is 10.1 Å². The van der Waals surface area contributed by atoms with Gasteiger partial charge in [-0.15, -0.1) is 0 Å². The van der Waals surface area contributed by atoms with Crippen molar-refractivity contribution >= 4 is 0 Å². The van der Waals surface area contributed by atoms with E-state index in [9.17, 15) is 0 Å². The van der Waals surface area contributed by atoms with Crippen LogP contribution in [0, 0.1) is 5.92 Å². The Hall–Kier alpha value is -1.75. The molecule has 0 aliphatic heterocycles. The Morgan fingerprint density at radius 1 is 1.31 bits per heavy atom. The Balaban J connectivity index is 2.27. The van der Waals surface area contributed by atoms with Gasteiger partial charge in [0.15, 0.2) is 5.82 Å². The second kappa shape index (κ2) is 4.40. The van der Waals surface area contributed by atoms with Crippen LogP contribution in [0.15, 0.2) is 24.4 Å². The van der Waals surface area contributed by atoms with Gasteiger partial charge >= 0.3 is 0 Å². The van der Waals surface area contributed by atoms with Crippen molar-refractivity contribution in [1.82, 2.24) is 20.2 Å². The number of aromatic nitrogens is 4. The van der Waals surface area contributed by atoms with E-state index in [1.165, 1.54) is 0 Å². The van der Waals surface area contributed by atoms with Crippen molar-refractivity contribution in [1.29, 1.82) is 0 Å².